The van der Waals surface area contributed by atoms with Gasteiger partial charge < -0.3 is 8.83 Å². The van der Waals surface area contributed by atoms with E-state index in [2.05, 4.69) is 0 Å². The second kappa shape index (κ2) is 6.16. The number of fused-ring (bicyclic) bond motifs is 6. The number of hydrogen-bond donors (Lipinski definition) is 0. The van der Waals surface area contributed by atoms with Gasteiger partial charge in [0.15, 0.2) is 0 Å². The van der Waals surface area contributed by atoms with E-state index in [0.29, 0.717) is 22.3 Å². The maximum absolute atomic E-state index is 12.9. The van der Waals surface area contributed by atoms with Crippen LogP contribution in [0.4, 0.5) is 0 Å². The van der Waals surface area contributed by atoms with Gasteiger partial charge in [-0.2, -0.15) is 0 Å². The molecule has 0 amide bonds. The van der Waals surface area contributed by atoms with E-state index in [9.17, 15) is 9.59 Å². The Hall–Kier alpha value is -4.18. The van der Waals surface area contributed by atoms with Crippen LogP contribution in [0.3, 0.4) is 0 Å². The third-order valence-corrected chi connectivity index (χ3v) is 5.49. The number of benzene rings is 4. The number of hydrogen-bond acceptors (Lipinski definition) is 4. The second-order valence-corrected chi connectivity index (χ2v) is 7.28. The van der Waals surface area contributed by atoms with Crippen LogP contribution >= 0.6 is 0 Å². The van der Waals surface area contributed by atoms with E-state index < -0.39 is 11.6 Å². The van der Waals surface area contributed by atoms with Crippen LogP contribution in [0.2, 0.25) is 0 Å². The molecule has 0 aliphatic rings. The van der Waals surface area contributed by atoms with Crippen LogP contribution in [0, 0.1) is 0 Å². The zero-order chi connectivity index (χ0) is 20.2. The van der Waals surface area contributed by atoms with Crippen LogP contribution < -0.4 is 0 Å². The Morgan fingerprint density at radius 1 is 0.467 bits per heavy atom. The molecule has 0 saturated carbocycles. The van der Waals surface area contributed by atoms with Crippen molar-refractivity contribution in [1.82, 2.24) is 0 Å². The molecular weight excluding hydrogens is 376 g/mol. The summed E-state index contributed by atoms with van der Waals surface area (Å²) in [7, 11) is 0. The molecule has 0 unspecified atom stereocenters. The lowest BCUT2D eigenvalue weighted by atomic mass is 9.99. The Morgan fingerprint density at radius 3 is 1.33 bits per heavy atom. The molecule has 0 bridgehead atoms. The molecule has 0 fully saturated rings. The minimum atomic E-state index is -0.576. The van der Waals surface area contributed by atoms with E-state index >= 15 is 0 Å². The SMILES string of the molecule is O=C(C(=O)c1ccc2c(c1)oc1ccccc12)c1ccc2c(c1)oc1ccccc12. The van der Waals surface area contributed by atoms with Gasteiger partial charge in [0.1, 0.15) is 22.3 Å². The molecular formula is C26H14O4. The Morgan fingerprint density at radius 2 is 0.867 bits per heavy atom. The van der Waals surface area contributed by atoms with Gasteiger partial charge in [0.25, 0.3) is 0 Å². The Balaban J connectivity index is 1.40. The topological polar surface area (TPSA) is 60.4 Å². The predicted octanol–water partition coefficient (Wildman–Crippen LogP) is 6.55. The van der Waals surface area contributed by atoms with Crippen molar-refractivity contribution in [1.29, 1.82) is 0 Å². The summed E-state index contributed by atoms with van der Waals surface area (Å²) in [5, 5.41) is 3.79. The summed E-state index contributed by atoms with van der Waals surface area (Å²) in [6.07, 6.45) is 0. The molecule has 0 N–H and O–H groups in total. The summed E-state index contributed by atoms with van der Waals surface area (Å²) in [5.74, 6) is -1.15. The highest BCUT2D eigenvalue weighted by Gasteiger charge is 2.21. The van der Waals surface area contributed by atoms with E-state index in [0.717, 1.165) is 32.7 Å². The molecule has 0 radical (unpaired) electrons. The first-order valence-electron chi connectivity index (χ1n) is 9.61. The van der Waals surface area contributed by atoms with E-state index in [4.69, 9.17) is 8.83 Å². The van der Waals surface area contributed by atoms with Gasteiger partial charge in [-0.15, -0.1) is 0 Å². The quantitative estimate of drug-likeness (QED) is 0.254. The van der Waals surface area contributed by atoms with Gasteiger partial charge in [-0.1, -0.05) is 48.5 Å². The molecule has 2 heterocycles. The highest BCUT2D eigenvalue weighted by molar-refractivity contribution is 6.49. The van der Waals surface area contributed by atoms with Gasteiger partial charge >= 0.3 is 0 Å². The number of furan rings is 2. The lowest BCUT2D eigenvalue weighted by Gasteiger charge is -2.01. The maximum Gasteiger partial charge on any atom is 0.233 e. The van der Waals surface area contributed by atoms with Crippen LogP contribution in [0.15, 0.2) is 93.8 Å². The summed E-state index contributed by atoms with van der Waals surface area (Å²) in [5.41, 5.74) is 3.27. The number of carbonyl (C=O) groups excluding carboxylic acids is 2. The fraction of sp³-hybridized carbons (Fsp3) is 0. The minimum absolute atomic E-state index is 0.302. The molecule has 2 aromatic heterocycles. The number of rotatable bonds is 3. The monoisotopic (exact) mass is 390 g/mol. The third kappa shape index (κ3) is 2.40. The van der Waals surface area contributed by atoms with Crippen molar-refractivity contribution in [2.75, 3.05) is 0 Å². The summed E-state index contributed by atoms with van der Waals surface area (Å²) < 4.78 is 11.7. The van der Waals surface area contributed by atoms with Crippen LogP contribution in [0.1, 0.15) is 20.7 Å². The van der Waals surface area contributed by atoms with Crippen LogP contribution in [0.5, 0.6) is 0 Å². The highest BCUT2D eigenvalue weighted by atomic mass is 16.3. The number of Topliss-reactive ketones (excluding diaryl/α,β-unsaturated/α-hetero) is 2. The normalized spacial score (nSPS) is 11.6. The standard InChI is InChI=1S/C26H14O4/c27-25(15-9-11-19-17-5-1-3-7-21(17)29-23(19)13-15)26(28)16-10-12-20-18-6-2-4-8-22(18)30-24(20)14-16/h1-14H. The van der Waals surface area contributed by atoms with Gasteiger partial charge in [0, 0.05) is 32.7 Å². The van der Waals surface area contributed by atoms with E-state index in [1.165, 1.54) is 0 Å². The van der Waals surface area contributed by atoms with Gasteiger partial charge in [-0.05, 0) is 36.4 Å². The smallest absolute Gasteiger partial charge is 0.233 e. The lowest BCUT2D eigenvalue weighted by molar-refractivity contribution is 0.0817. The van der Waals surface area contributed by atoms with Crippen LogP contribution in [-0.2, 0) is 0 Å². The van der Waals surface area contributed by atoms with Crippen molar-refractivity contribution >= 4 is 55.4 Å². The van der Waals surface area contributed by atoms with Gasteiger partial charge in [-0.3, -0.25) is 9.59 Å². The molecule has 0 atom stereocenters. The molecule has 6 rings (SSSR count). The number of carbonyl (C=O) groups is 2. The molecule has 0 spiro atoms. The summed E-state index contributed by atoms with van der Waals surface area (Å²) in [4.78, 5) is 25.8. The van der Waals surface area contributed by atoms with Gasteiger partial charge in [-0.25, -0.2) is 0 Å². The second-order valence-electron chi connectivity index (χ2n) is 7.28. The number of para-hydroxylation sites is 2. The zero-order valence-corrected chi connectivity index (χ0v) is 15.7. The van der Waals surface area contributed by atoms with Crippen molar-refractivity contribution in [3.63, 3.8) is 0 Å². The van der Waals surface area contributed by atoms with Crippen molar-refractivity contribution < 1.29 is 18.4 Å². The Labute approximate surface area is 170 Å². The average Bonchev–Trinajstić information content (AvgIpc) is 3.35. The fourth-order valence-electron chi connectivity index (χ4n) is 4.00. The minimum Gasteiger partial charge on any atom is -0.456 e. The van der Waals surface area contributed by atoms with Crippen molar-refractivity contribution in [2.24, 2.45) is 0 Å². The van der Waals surface area contributed by atoms with Gasteiger partial charge in [0.2, 0.25) is 11.6 Å². The molecule has 4 heteroatoms. The highest BCUT2D eigenvalue weighted by Crippen LogP contribution is 2.31. The summed E-state index contributed by atoms with van der Waals surface area (Å²) in [6, 6.07) is 25.6. The Kier molecular flexibility index (Phi) is 3.44. The van der Waals surface area contributed by atoms with Crippen LogP contribution in [-0.4, -0.2) is 11.6 Å². The first-order chi connectivity index (χ1) is 14.7. The van der Waals surface area contributed by atoms with Gasteiger partial charge in [0.05, 0.1) is 0 Å². The average molecular weight is 390 g/mol. The fourth-order valence-corrected chi connectivity index (χ4v) is 4.00. The first-order valence-corrected chi connectivity index (χ1v) is 9.61. The van der Waals surface area contributed by atoms with Crippen LogP contribution in [0.25, 0.3) is 43.9 Å². The Bertz CT molecular complexity index is 1510. The van der Waals surface area contributed by atoms with E-state index in [-0.39, 0.29) is 0 Å². The molecule has 0 aliphatic heterocycles. The predicted molar refractivity (Wildman–Crippen MR) is 116 cm³/mol. The zero-order valence-electron chi connectivity index (χ0n) is 15.7. The molecule has 30 heavy (non-hydrogen) atoms. The summed E-state index contributed by atoms with van der Waals surface area (Å²) >= 11 is 0. The van der Waals surface area contributed by atoms with Crippen molar-refractivity contribution in [3.8, 4) is 0 Å². The lowest BCUT2D eigenvalue weighted by Crippen LogP contribution is -2.14. The molecule has 0 aliphatic carbocycles. The largest absolute Gasteiger partial charge is 0.456 e. The molecule has 4 aromatic carbocycles. The number of ketones is 2. The van der Waals surface area contributed by atoms with E-state index in [1.54, 1.807) is 24.3 Å². The van der Waals surface area contributed by atoms with Crippen molar-refractivity contribution in [2.45, 2.75) is 0 Å². The maximum atomic E-state index is 12.9. The molecule has 0 saturated heterocycles. The van der Waals surface area contributed by atoms with Crippen molar-refractivity contribution in [3.05, 3.63) is 96.1 Å². The summed E-state index contributed by atoms with van der Waals surface area (Å²) in [6.45, 7) is 0. The van der Waals surface area contributed by atoms with E-state index in [1.807, 2.05) is 60.7 Å². The molecule has 6 aromatic rings. The third-order valence-electron chi connectivity index (χ3n) is 5.49. The molecule has 142 valence electrons. The first kappa shape index (κ1) is 16.7. The molecule has 4 nitrogen and oxygen atoms in total.